The molecule has 1 N–H and O–H groups in total. The first-order valence-electron chi connectivity index (χ1n) is 8.47. The molecule has 4 rings (SSSR count). The van der Waals surface area contributed by atoms with Crippen molar-refractivity contribution in [2.75, 3.05) is 0 Å². The van der Waals surface area contributed by atoms with Crippen molar-refractivity contribution in [3.63, 3.8) is 0 Å². The Morgan fingerprint density at radius 1 is 1.15 bits per heavy atom. The molecular weight excluding hydrogens is 331 g/mol. The van der Waals surface area contributed by atoms with Crippen molar-refractivity contribution in [2.45, 2.75) is 25.7 Å². The summed E-state index contributed by atoms with van der Waals surface area (Å²) in [6, 6.07) is 15.0. The predicted molar refractivity (Wildman–Crippen MR) is 101 cm³/mol. The van der Waals surface area contributed by atoms with Crippen LogP contribution >= 0.6 is 0 Å². The number of benzene rings is 2. The zero-order chi connectivity index (χ0) is 18.5. The fourth-order valence-corrected chi connectivity index (χ4v) is 3.18. The summed E-state index contributed by atoms with van der Waals surface area (Å²) in [6.07, 6.45) is 6.62. The van der Waals surface area contributed by atoms with Crippen LogP contribution < -0.4 is 0 Å². The van der Waals surface area contributed by atoms with Crippen molar-refractivity contribution in [1.29, 1.82) is 0 Å². The molecule has 1 aliphatic carbocycles. The van der Waals surface area contributed by atoms with Gasteiger partial charge in [-0.2, -0.15) is 0 Å². The van der Waals surface area contributed by atoms with E-state index in [0.717, 1.165) is 22.0 Å². The van der Waals surface area contributed by atoms with Crippen molar-refractivity contribution in [1.82, 2.24) is 4.98 Å². The standard InChI is InChI=1S/C21H18FN.HNO2/c1-2-5-18-20(14-10-12-16(22)13-11-14)17-6-3-4-7-19(17)23-21(18)15-8-9-15;2-1-3/h2-7,10-13,15H,8-9H2,1H3;(H,2,3)/b5-2+;. The van der Waals surface area contributed by atoms with Gasteiger partial charge >= 0.3 is 0 Å². The molecule has 1 heterocycles. The Bertz CT molecular complexity index is 948. The minimum atomic E-state index is -0.206. The van der Waals surface area contributed by atoms with Crippen LogP contribution in [0.5, 0.6) is 0 Å². The van der Waals surface area contributed by atoms with Crippen LogP contribution in [0.3, 0.4) is 0 Å². The number of rotatable bonds is 3. The van der Waals surface area contributed by atoms with Crippen molar-refractivity contribution < 1.29 is 9.60 Å². The second kappa shape index (κ2) is 7.87. The number of hydrogen-bond donors (Lipinski definition) is 1. The molecule has 2 aromatic carbocycles. The number of pyridine rings is 1. The maximum absolute atomic E-state index is 13.4. The molecule has 1 saturated carbocycles. The maximum Gasteiger partial charge on any atom is 0.152 e. The lowest BCUT2D eigenvalue weighted by atomic mass is 9.92. The Morgan fingerprint density at radius 3 is 2.42 bits per heavy atom. The number of hydrogen-bond acceptors (Lipinski definition) is 3. The minimum Gasteiger partial charge on any atom is -0.379 e. The van der Waals surface area contributed by atoms with Gasteiger partial charge in [-0.3, -0.25) is 4.98 Å². The predicted octanol–water partition coefficient (Wildman–Crippen LogP) is 6.09. The SMILES string of the molecule is C/C=C/c1c(C2CC2)nc2ccccc2c1-c1ccc(F)cc1.O=NO. The van der Waals surface area contributed by atoms with Crippen molar-refractivity contribution in [3.05, 3.63) is 76.6 Å². The van der Waals surface area contributed by atoms with Gasteiger partial charge in [-0.1, -0.05) is 42.5 Å². The summed E-state index contributed by atoms with van der Waals surface area (Å²) in [4.78, 5) is 13.0. The Morgan fingerprint density at radius 2 is 1.81 bits per heavy atom. The van der Waals surface area contributed by atoms with Crippen molar-refractivity contribution >= 4 is 17.0 Å². The van der Waals surface area contributed by atoms with E-state index >= 15 is 0 Å². The highest BCUT2D eigenvalue weighted by Gasteiger charge is 2.29. The molecule has 0 atom stereocenters. The summed E-state index contributed by atoms with van der Waals surface area (Å²) in [5.74, 6) is 0.354. The van der Waals surface area contributed by atoms with E-state index in [4.69, 9.17) is 15.1 Å². The lowest BCUT2D eigenvalue weighted by Gasteiger charge is -2.15. The number of para-hydroxylation sites is 1. The summed E-state index contributed by atoms with van der Waals surface area (Å²) >= 11 is 0. The average molecular weight is 350 g/mol. The number of nitrogens with zero attached hydrogens (tertiary/aromatic N) is 2. The highest BCUT2D eigenvalue weighted by Crippen LogP contribution is 2.45. The van der Waals surface area contributed by atoms with E-state index in [0.29, 0.717) is 5.92 Å². The summed E-state index contributed by atoms with van der Waals surface area (Å²) in [7, 11) is 0. The molecule has 0 bridgehead atoms. The van der Waals surface area contributed by atoms with Gasteiger partial charge in [-0.05, 0) is 43.5 Å². The van der Waals surface area contributed by atoms with Crippen LogP contribution in [0.25, 0.3) is 28.1 Å². The van der Waals surface area contributed by atoms with Crippen LogP contribution in [0.1, 0.15) is 36.9 Å². The molecule has 0 spiro atoms. The quantitative estimate of drug-likeness (QED) is 0.459. The molecule has 1 aromatic heterocycles. The Hall–Kier alpha value is -3.08. The van der Waals surface area contributed by atoms with E-state index in [1.54, 1.807) is 0 Å². The fourth-order valence-electron chi connectivity index (χ4n) is 3.18. The molecule has 26 heavy (non-hydrogen) atoms. The zero-order valence-corrected chi connectivity index (χ0v) is 14.4. The van der Waals surface area contributed by atoms with Gasteiger partial charge in [0.25, 0.3) is 0 Å². The maximum atomic E-state index is 13.4. The third-order valence-electron chi connectivity index (χ3n) is 4.39. The number of fused-ring (bicyclic) bond motifs is 1. The van der Waals surface area contributed by atoms with Gasteiger partial charge < -0.3 is 5.21 Å². The highest BCUT2D eigenvalue weighted by atomic mass is 19.1. The summed E-state index contributed by atoms with van der Waals surface area (Å²) in [6.45, 7) is 2.03. The first kappa shape index (κ1) is 17.7. The molecule has 0 unspecified atom stereocenters. The minimum absolute atomic E-state index is 0.206. The second-order valence-corrected chi connectivity index (χ2v) is 6.17. The van der Waals surface area contributed by atoms with Crippen LogP contribution in [0.15, 0.2) is 59.9 Å². The second-order valence-electron chi connectivity index (χ2n) is 6.17. The summed E-state index contributed by atoms with van der Waals surface area (Å²) in [5.41, 5.74) is 5.58. The number of aromatic nitrogens is 1. The highest BCUT2D eigenvalue weighted by molar-refractivity contribution is 5.99. The molecule has 1 aliphatic rings. The third-order valence-corrected chi connectivity index (χ3v) is 4.39. The van der Waals surface area contributed by atoms with Crippen LogP contribution in [0, 0.1) is 10.7 Å². The molecule has 0 radical (unpaired) electrons. The van der Waals surface area contributed by atoms with E-state index in [2.05, 4.69) is 24.3 Å². The molecule has 1 fully saturated rings. The number of halogens is 1. The molecule has 0 amide bonds. The Balaban J connectivity index is 0.000000613. The normalized spacial score (nSPS) is 13.5. The average Bonchev–Trinajstić information content (AvgIpc) is 3.48. The molecule has 0 saturated heterocycles. The third kappa shape index (κ3) is 3.61. The van der Waals surface area contributed by atoms with Crippen LogP contribution in [0.4, 0.5) is 4.39 Å². The van der Waals surface area contributed by atoms with Gasteiger partial charge in [0, 0.05) is 22.4 Å². The van der Waals surface area contributed by atoms with Gasteiger partial charge in [0.15, 0.2) is 5.34 Å². The van der Waals surface area contributed by atoms with E-state index in [-0.39, 0.29) is 5.82 Å². The van der Waals surface area contributed by atoms with Gasteiger partial charge in [0.1, 0.15) is 5.82 Å². The molecular formula is C21H19FN2O2. The first-order chi connectivity index (χ1) is 12.7. The molecule has 132 valence electrons. The topological polar surface area (TPSA) is 62.5 Å². The van der Waals surface area contributed by atoms with E-state index in [1.807, 2.05) is 31.2 Å². The van der Waals surface area contributed by atoms with E-state index in [9.17, 15) is 4.39 Å². The summed E-state index contributed by atoms with van der Waals surface area (Å²) in [5, 5.41) is 9.01. The van der Waals surface area contributed by atoms with Gasteiger partial charge in [-0.25, -0.2) is 4.39 Å². The van der Waals surface area contributed by atoms with E-state index < -0.39 is 0 Å². The lowest BCUT2D eigenvalue weighted by Crippen LogP contribution is -1.98. The largest absolute Gasteiger partial charge is 0.379 e. The molecule has 0 aliphatic heterocycles. The monoisotopic (exact) mass is 350 g/mol. The molecule has 4 nitrogen and oxygen atoms in total. The van der Waals surface area contributed by atoms with Crippen LogP contribution in [0.2, 0.25) is 0 Å². The molecule has 5 heteroatoms. The van der Waals surface area contributed by atoms with Crippen molar-refractivity contribution in [3.8, 4) is 11.1 Å². The molecule has 3 aromatic rings. The Labute approximate surface area is 150 Å². The van der Waals surface area contributed by atoms with Crippen molar-refractivity contribution in [2.24, 2.45) is 5.34 Å². The van der Waals surface area contributed by atoms with Crippen LogP contribution in [-0.4, -0.2) is 10.2 Å². The van der Waals surface area contributed by atoms with E-state index in [1.165, 1.54) is 41.6 Å². The first-order valence-corrected chi connectivity index (χ1v) is 8.47. The lowest BCUT2D eigenvalue weighted by molar-refractivity contribution is 0.312. The van der Waals surface area contributed by atoms with Gasteiger partial charge in [0.05, 0.1) is 11.2 Å². The zero-order valence-electron chi connectivity index (χ0n) is 14.4. The Kier molecular flexibility index (Phi) is 5.37. The van der Waals surface area contributed by atoms with Gasteiger partial charge in [0.2, 0.25) is 0 Å². The summed E-state index contributed by atoms with van der Waals surface area (Å²) < 4.78 is 13.4. The fraction of sp³-hybridized carbons (Fsp3) is 0.190. The number of allylic oxidation sites excluding steroid dienone is 1. The van der Waals surface area contributed by atoms with Crippen LogP contribution in [-0.2, 0) is 0 Å². The smallest absolute Gasteiger partial charge is 0.152 e. The van der Waals surface area contributed by atoms with Gasteiger partial charge in [-0.15, -0.1) is 4.91 Å².